The number of esters is 1. The monoisotopic (exact) mass is 1030 g/mol. The van der Waals surface area contributed by atoms with E-state index in [1.54, 1.807) is 6.08 Å². The van der Waals surface area contributed by atoms with Crippen LogP contribution >= 0.6 is 0 Å². The lowest BCUT2D eigenvalue weighted by molar-refractivity contribution is -0.143. The highest BCUT2D eigenvalue weighted by Gasteiger charge is 2.18. The van der Waals surface area contributed by atoms with Crippen LogP contribution in [0.1, 0.15) is 380 Å². The summed E-state index contributed by atoms with van der Waals surface area (Å²) in [5.41, 5.74) is 0. The van der Waals surface area contributed by atoms with Gasteiger partial charge in [0.15, 0.2) is 0 Å². The van der Waals surface area contributed by atoms with Crippen LogP contribution in [0.15, 0.2) is 12.2 Å². The second-order valence-corrected chi connectivity index (χ2v) is 23.2. The van der Waals surface area contributed by atoms with Crippen molar-refractivity contribution < 1.29 is 24.5 Å². The van der Waals surface area contributed by atoms with Gasteiger partial charge < -0.3 is 20.3 Å². The van der Waals surface area contributed by atoms with E-state index in [-0.39, 0.29) is 18.5 Å². The van der Waals surface area contributed by atoms with Gasteiger partial charge in [0.1, 0.15) is 0 Å². The fourth-order valence-electron chi connectivity index (χ4n) is 10.7. The fraction of sp³-hybridized carbons (Fsp3) is 0.940. The first-order valence-electron chi connectivity index (χ1n) is 33.5. The molecule has 0 aromatic carbocycles. The molecule has 0 saturated heterocycles. The topological polar surface area (TPSA) is 95.9 Å². The zero-order valence-corrected chi connectivity index (χ0v) is 49.6. The van der Waals surface area contributed by atoms with E-state index in [0.717, 1.165) is 38.5 Å². The summed E-state index contributed by atoms with van der Waals surface area (Å²) in [5, 5.41) is 23.1. The highest BCUT2D eigenvalue weighted by atomic mass is 16.5. The summed E-state index contributed by atoms with van der Waals surface area (Å²) in [6.07, 6.45) is 77.1. The molecule has 1 amide bonds. The first kappa shape index (κ1) is 71.6. The quantitative estimate of drug-likeness (QED) is 0.0320. The van der Waals surface area contributed by atoms with E-state index >= 15 is 0 Å². The largest absolute Gasteiger partial charge is 0.466 e. The summed E-state index contributed by atoms with van der Waals surface area (Å²) in [5.74, 6) is -0.0416. The maximum atomic E-state index is 12.5. The molecule has 0 saturated carbocycles. The molecule has 3 N–H and O–H groups in total. The van der Waals surface area contributed by atoms with E-state index in [1.165, 1.54) is 315 Å². The van der Waals surface area contributed by atoms with E-state index in [1.807, 2.05) is 6.08 Å². The molecule has 2 atom stereocenters. The molecule has 6 nitrogen and oxygen atoms in total. The van der Waals surface area contributed by atoms with Crippen molar-refractivity contribution in [3.05, 3.63) is 12.2 Å². The highest BCUT2D eigenvalue weighted by Crippen LogP contribution is 2.19. The lowest BCUT2D eigenvalue weighted by Crippen LogP contribution is -2.45. The average molecular weight is 1030 g/mol. The molecule has 0 aromatic rings. The number of rotatable bonds is 63. The molecule has 73 heavy (non-hydrogen) atoms. The summed E-state index contributed by atoms with van der Waals surface area (Å²) in [7, 11) is 0. The SMILES string of the molecule is CCCCCCCCCCCCC/C=C/C(O)C(CO)NC(=O)CCCCCCCCCCCCCCCCCCCCCCCCCCCCCOC(=O)CCCCCCCCCCCCCCCCCC. The van der Waals surface area contributed by atoms with Gasteiger partial charge in [0.25, 0.3) is 0 Å². The summed E-state index contributed by atoms with van der Waals surface area (Å²) in [4.78, 5) is 24.5. The number of aliphatic hydroxyl groups excluding tert-OH is 2. The number of carbonyl (C=O) groups excluding carboxylic acids is 2. The molecule has 0 aliphatic heterocycles. The normalized spacial score (nSPS) is 12.5. The predicted molar refractivity (Wildman–Crippen MR) is 320 cm³/mol. The van der Waals surface area contributed by atoms with Crippen LogP contribution in [0.5, 0.6) is 0 Å². The predicted octanol–water partition coefficient (Wildman–Crippen LogP) is 21.2. The summed E-state index contributed by atoms with van der Waals surface area (Å²) in [6, 6.07) is -0.624. The van der Waals surface area contributed by atoms with Crippen molar-refractivity contribution in [2.75, 3.05) is 13.2 Å². The van der Waals surface area contributed by atoms with Crippen LogP contribution in [-0.4, -0.2) is 47.4 Å². The van der Waals surface area contributed by atoms with E-state index in [9.17, 15) is 19.8 Å². The molecule has 6 heteroatoms. The zero-order valence-electron chi connectivity index (χ0n) is 49.6. The van der Waals surface area contributed by atoms with Gasteiger partial charge in [-0.25, -0.2) is 0 Å². The van der Waals surface area contributed by atoms with Crippen molar-refractivity contribution in [3.8, 4) is 0 Å². The third kappa shape index (κ3) is 59.7. The molecule has 0 aromatic heterocycles. The van der Waals surface area contributed by atoms with Crippen LogP contribution in [-0.2, 0) is 14.3 Å². The lowest BCUT2D eigenvalue weighted by atomic mass is 10.0. The third-order valence-corrected chi connectivity index (χ3v) is 15.8. The number of hydrogen-bond acceptors (Lipinski definition) is 5. The Balaban J connectivity index is 3.33. The molecule has 0 rings (SSSR count). The van der Waals surface area contributed by atoms with Crippen LogP contribution in [0.2, 0.25) is 0 Å². The molecule has 0 aliphatic rings. The Morgan fingerprint density at radius 1 is 0.370 bits per heavy atom. The molecule has 0 radical (unpaired) electrons. The van der Waals surface area contributed by atoms with Gasteiger partial charge in [-0.3, -0.25) is 9.59 Å². The minimum Gasteiger partial charge on any atom is -0.466 e. The molecular formula is C67H131NO5. The van der Waals surface area contributed by atoms with Crippen LogP contribution in [0.4, 0.5) is 0 Å². The van der Waals surface area contributed by atoms with Crippen molar-refractivity contribution in [1.29, 1.82) is 0 Å². The molecule has 0 bridgehead atoms. The maximum absolute atomic E-state index is 12.5. The Kier molecular flexibility index (Phi) is 61.9. The summed E-state index contributed by atoms with van der Waals surface area (Å²) < 4.78 is 5.50. The summed E-state index contributed by atoms with van der Waals surface area (Å²) in [6.45, 7) is 4.94. The van der Waals surface area contributed by atoms with Gasteiger partial charge in [-0.15, -0.1) is 0 Å². The second kappa shape index (κ2) is 63.1. The highest BCUT2D eigenvalue weighted by molar-refractivity contribution is 5.76. The van der Waals surface area contributed by atoms with Crippen LogP contribution in [0, 0.1) is 0 Å². The number of amides is 1. The van der Waals surface area contributed by atoms with Crippen LogP contribution in [0.3, 0.4) is 0 Å². The molecule has 0 fully saturated rings. The van der Waals surface area contributed by atoms with Crippen LogP contribution in [0.25, 0.3) is 0 Å². The fourth-order valence-corrected chi connectivity index (χ4v) is 10.7. The number of carbonyl (C=O) groups is 2. The minimum absolute atomic E-state index is 0.0219. The number of allylic oxidation sites excluding steroid dienone is 1. The van der Waals surface area contributed by atoms with Crippen molar-refractivity contribution in [2.45, 2.75) is 392 Å². The summed E-state index contributed by atoms with van der Waals surface area (Å²) >= 11 is 0. The Labute approximate surface area is 457 Å². The van der Waals surface area contributed by atoms with Crippen molar-refractivity contribution in [2.24, 2.45) is 0 Å². The van der Waals surface area contributed by atoms with Crippen molar-refractivity contribution >= 4 is 11.9 Å². The van der Waals surface area contributed by atoms with Gasteiger partial charge in [0.2, 0.25) is 5.91 Å². The first-order valence-corrected chi connectivity index (χ1v) is 33.5. The molecule has 2 unspecified atom stereocenters. The Morgan fingerprint density at radius 3 is 0.932 bits per heavy atom. The number of ether oxygens (including phenoxy) is 1. The van der Waals surface area contributed by atoms with Gasteiger partial charge in [-0.1, -0.05) is 347 Å². The number of hydrogen-bond donors (Lipinski definition) is 3. The van der Waals surface area contributed by atoms with Crippen molar-refractivity contribution in [1.82, 2.24) is 5.32 Å². The van der Waals surface area contributed by atoms with Crippen molar-refractivity contribution in [3.63, 3.8) is 0 Å². The second-order valence-electron chi connectivity index (χ2n) is 23.2. The van der Waals surface area contributed by atoms with E-state index in [0.29, 0.717) is 19.4 Å². The lowest BCUT2D eigenvalue weighted by Gasteiger charge is -2.20. The minimum atomic E-state index is -0.841. The van der Waals surface area contributed by atoms with E-state index in [2.05, 4.69) is 19.2 Å². The molecule has 0 aliphatic carbocycles. The first-order chi connectivity index (χ1) is 36.0. The standard InChI is InChI=1S/C67H131NO5/c1-3-5-7-9-11-13-15-17-18-33-37-41-45-49-53-57-61-67(72)73-62-58-54-50-46-42-38-34-31-29-27-25-23-21-19-20-22-24-26-28-30-32-36-40-44-48-52-56-60-66(71)68-64(63-69)65(70)59-55-51-47-43-39-35-16-14-12-10-8-6-4-2/h55,59,64-65,69-70H,3-54,56-58,60-63H2,1-2H3,(H,68,71)/b59-55+. The van der Waals surface area contributed by atoms with Crippen LogP contribution < -0.4 is 5.32 Å². The van der Waals surface area contributed by atoms with E-state index in [4.69, 9.17) is 4.74 Å². The number of unbranched alkanes of at least 4 members (excludes halogenated alkanes) is 52. The van der Waals surface area contributed by atoms with Gasteiger partial charge in [0.05, 0.1) is 25.4 Å². The average Bonchev–Trinajstić information content (AvgIpc) is 3.39. The molecular weight excluding hydrogens is 899 g/mol. The smallest absolute Gasteiger partial charge is 0.305 e. The Morgan fingerprint density at radius 2 is 0.630 bits per heavy atom. The molecule has 0 heterocycles. The van der Waals surface area contributed by atoms with Gasteiger partial charge in [-0.2, -0.15) is 0 Å². The number of aliphatic hydroxyl groups is 2. The van der Waals surface area contributed by atoms with Gasteiger partial charge >= 0.3 is 5.97 Å². The maximum Gasteiger partial charge on any atom is 0.305 e. The van der Waals surface area contributed by atoms with Gasteiger partial charge in [-0.05, 0) is 32.1 Å². The van der Waals surface area contributed by atoms with Gasteiger partial charge in [0, 0.05) is 12.8 Å². The van der Waals surface area contributed by atoms with E-state index < -0.39 is 12.1 Å². The molecule has 0 spiro atoms. The molecule has 434 valence electrons. The Bertz CT molecular complexity index is 1100. The third-order valence-electron chi connectivity index (χ3n) is 15.8. The Hall–Kier alpha value is -1.40. The number of nitrogens with one attached hydrogen (secondary N) is 1. The zero-order chi connectivity index (χ0) is 52.9.